The van der Waals surface area contributed by atoms with Crippen molar-refractivity contribution in [2.45, 2.75) is 39.5 Å². The van der Waals surface area contributed by atoms with Crippen LogP contribution in [0.25, 0.3) is 0 Å². The van der Waals surface area contributed by atoms with Gasteiger partial charge in [0.2, 0.25) is 0 Å². The Morgan fingerprint density at radius 1 is 1.09 bits per heavy atom. The quantitative estimate of drug-likeness (QED) is 0.135. The van der Waals surface area contributed by atoms with Crippen LogP contribution in [0.2, 0.25) is 0 Å². The minimum atomic E-state index is -6.67. The molecule has 6 nitrogen and oxygen atoms in total. The second kappa shape index (κ2) is 9.98. The van der Waals surface area contributed by atoms with Crippen molar-refractivity contribution >= 4 is 34.2 Å². The number of carbonyl (C=O) groups is 1. The molecule has 1 aromatic rings. The maximum Gasteiger partial charge on any atom is 0.446 e. The Labute approximate surface area is 182 Å². The topological polar surface area (TPSA) is 86.5 Å². The highest BCUT2D eigenvalue weighted by Gasteiger charge is 2.75. The van der Waals surface area contributed by atoms with E-state index >= 15 is 0 Å². The normalized spacial score (nSPS) is 14.3. The van der Waals surface area contributed by atoms with Crippen molar-refractivity contribution in [3.63, 3.8) is 0 Å². The number of nitro benzene ring substituents is 1. The molecule has 0 saturated heterocycles. The maximum absolute atomic E-state index is 13.3. The van der Waals surface area contributed by atoms with Crippen LogP contribution in [0.4, 0.5) is 54.0 Å². The maximum atomic E-state index is 13.3. The number of nitro groups is 1. The molecule has 0 aliphatic heterocycles. The molecule has 0 aromatic heterocycles. The standard InChI is InChI=1S/C14H8F11NO5S2/c15-10(16)12(19,20)13(21,22)11(17,18)5-31-9(27)4-33(30)8-2-1-6(32-14(23,24)25)3-7(8)26(28)29/h1-3,10H,4-5H2. The number of esters is 1. The van der Waals surface area contributed by atoms with Crippen molar-refractivity contribution in [2.75, 3.05) is 12.4 Å². The fraction of sp³-hybridized carbons (Fsp3) is 0.500. The van der Waals surface area contributed by atoms with E-state index in [0.717, 1.165) is 0 Å². The summed E-state index contributed by atoms with van der Waals surface area (Å²) in [5.74, 6) is -22.8. The molecule has 0 aliphatic rings. The Morgan fingerprint density at radius 3 is 2.09 bits per heavy atom. The molecule has 0 N–H and O–H groups in total. The van der Waals surface area contributed by atoms with Crippen LogP contribution in [0.1, 0.15) is 0 Å². The molecule has 0 amide bonds. The van der Waals surface area contributed by atoms with Crippen molar-refractivity contribution in [1.29, 1.82) is 0 Å². The van der Waals surface area contributed by atoms with Crippen LogP contribution < -0.4 is 0 Å². The van der Waals surface area contributed by atoms with Gasteiger partial charge in [-0.1, -0.05) is 0 Å². The first kappa shape index (κ1) is 28.9. The van der Waals surface area contributed by atoms with Crippen LogP contribution in [0.5, 0.6) is 0 Å². The van der Waals surface area contributed by atoms with E-state index in [4.69, 9.17) is 0 Å². The first-order chi connectivity index (χ1) is 14.7. The lowest BCUT2D eigenvalue weighted by Gasteiger charge is -2.31. The number of hydrogen-bond acceptors (Lipinski definition) is 6. The molecule has 0 radical (unpaired) electrons. The monoisotopic (exact) mass is 543 g/mol. The number of benzene rings is 1. The third-order valence-electron chi connectivity index (χ3n) is 3.42. The van der Waals surface area contributed by atoms with Crippen LogP contribution in [-0.4, -0.2) is 57.2 Å². The molecule has 0 bridgehead atoms. The predicted octanol–water partition coefficient (Wildman–Crippen LogP) is 5.03. The van der Waals surface area contributed by atoms with E-state index in [0.29, 0.717) is 18.2 Å². The number of carbonyl (C=O) groups excluding carboxylic acids is 1. The molecule has 1 unspecified atom stereocenters. The molecule has 19 heteroatoms. The van der Waals surface area contributed by atoms with E-state index in [1.165, 1.54) is 0 Å². The average Bonchev–Trinajstić information content (AvgIpc) is 2.64. The first-order valence-corrected chi connectivity index (χ1v) is 9.86. The molecule has 0 saturated carbocycles. The molecule has 1 atom stereocenters. The number of rotatable bonds is 10. The van der Waals surface area contributed by atoms with Gasteiger partial charge in [0.05, 0.1) is 15.7 Å². The van der Waals surface area contributed by atoms with Crippen LogP contribution in [-0.2, 0) is 20.3 Å². The smallest absolute Gasteiger partial charge is 0.446 e. The zero-order valence-electron chi connectivity index (χ0n) is 15.2. The molecule has 33 heavy (non-hydrogen) atoms. The number of halogens is 11. The fourth-order valence-electron chi connectivity index (χ4n) is 1.90. The second-order valence-corrected chi connectivity index (χ2v) is 8.35. The predicted molar refractivity (Wildman–Crippen MR) is 88.1 cm³/mol. The van der Waals surface area contributed by atoms with Crippen LogP contribution >= 0.6 is 11.8 Å². The summed E-state index contributed by atoms with van der Waals surface area (Å²) in [6.07, 6.45) is -5.21. The van der Waals surface area contributed by atoms with Crippen LogP contribution in [0.15, 0.2) is 28.0 Å². The lowest BCUT2D eigenvalue weighted by Crippen LogP contribution is -2.59. The molecule has 0 heterocycles. The third kappa shape index (κ3) is 6.90. The Morgan fingerprint density at radius 2 is 1.64 bits per heavy atom. The van der Waals surface area contributed by atoms with Crippen LogP contribution in [0, 0.1) is 10.1 Å². The van der Waals surface area contributed by atoms with Gasteiger partial charge in [0.25, 0.3) is 5.69 Å². The van der Waals surface area contributed by atoms with Gasteiger partial charge in [-0.2, -0.15) is 39.5 Å². The van der Waals surface area contributed by atoms with Gasteiger partial charge in [-0.15, -0.1) is 0 Å². The van der Waals surface area contributed by atoms with Gasteiger partial charge in [0.1, 0.15) is 10.6 Å². The minimum Gasteiger partial charge on any atom is -0.458 e. The number of ether oxygens (including phenoxy) is 1. The zero-order chi connectivity index (χ0) is 26.0. The van der Waals surface area contributed by atoms with Gasteiger partial charge in [0.15, 0.2) is 6.61 Å². The van der Waals surface area contributed by atoms with Gasteiger partial charge >= 0.3 is 35.7 Å². The lowest BCUT2D eigenvalue weighted by molar-refractivity contribution is -0.388. The molecule has 1 rings (SSSR count). The molecule has 1 aromatic carbocycles. The second-order valence-electron chi connectivity index (χ2n) is 5.79. The molecular weight excluding hydrogens is 535 g/mol. The average molecular weight is 543 g/mol. The van der Waals surface area contributed by atoms with E-state index in [1.54, 1.807) is 0 Å². The van der Waals surface area contributed by atoms with E-state index in [-0.39, 0.29) is 0 Å². The number of thioether (sulfide) groups is 1. The number of alkyl halides is 11. The Balaban J connectivity index is 2.97. The SMILES string of the molecule is O=C(CS(=O)c1ccc(SC(F)(F)F)cc1[N+](=O)[O-])OCC(F)(F)C(F)(F)C(F)(F)C(F)F. The molecular formula is C14H8F11NO5S2. The van der Waals surface area contributed by atoms with E-state index in [1.807, 2.05) is 0 Å². The van der Waals surface area contributed by atoms with Crippen molar-refractivity contribution in [1.82, 2.24) is 0 Å². The lowest BCUT2D eigenvalue weighted by atomic mass is 10.1. The van der Waals surface area contributed by atoms with E-state index < -0.39 is 91.0 Å². The summed E-state index contributed by atoms with van der Waals surface area (Å²) in [6, 6.07) is 1.48. The van der Waals surface area contributed by atoms with Crippen LogP contribution in [0.3, 0.4) is 0 Å². The summed E-state index contributed by atoms with van der Waals surface area (Å²) in [4.78, 5) is 19.6. The first-order valence-electron chi connectivity index (χ1n) is 7.72. The number of hydrogen-bond donors (Lipinski definition) is 0. The zero-order valence-corrected chi connectivity index (χ0v) is 16.8. The van der Waals surface area contributed by atoms with E-state index in [2.05, 4.69) is 4.74 Å². The van der Waals surface area contributed by atoms with Crippen molar-refractivity contribution in [3.8, 4) is 0 Å². The molecule has 0 fully saturated rings. The van der Waals surface area contributed by atoms with E-state index in [9.17, 15) is 67.4 Å². The minimum absolute atomic E-state index is 0.331. The van der Waals surface area contributed by atoms with Crippen molar-refractivity contribution in [3.05, 3.63) is 28.3 Å². The fourth-order valence-corrected chi connectivity index (χ4v) is 3.51. The highest BCUT2D eigenvalue weighted by molar-refractivity contribution is 8.00. The highest BCUT2D eigenvalue weighted by Crippen LogP contribution is 2.48. The summed E-state index contributed by atoms with van der Waals surface area (Å²) >= 11 is -0.780. The summed E-state index contributed by atoms with van der Waals surface area (Å²) in [5, 5.41) is 11.0. The van der Waals surface area contributed by atoms with Gasteiger partial charge in [-0.05, 0) is 23.9 Å². The summed E-state index contributed by atoms with van der Waals surface area (Å²) < 4.78 is 155. The van der Waals surface area contributed by atoms with Gasteiger partial charge in [-0.3, -0.25) is 19.1 Å². The largest absolute Gasteiger partial charge is 0.458 e. The summed E-state index contributed by atoms with van der Waals surface area (Å²) in [7, 11) is -2.86. The number of nitrogens with zero attached hydrogens (tertiary/aromatic N) is 1. The van der Waals surface area contributed by atoms with Gasteiger partial charge < -0.3 is 4.74 Å². The van der Waals surface area contributed by atoms with Gasteiger partial charge in [-0.25, -0.2) is 8.78 Å². The Hall–Kier alpha value is -2.18. The Kier molecular flexibility index (Phi) is 8.72. The highest BCUT2D eigenvalue weighted by atomic mass is 32.2. The molecule has 0 aliphatic carbocycles. The van der Waals surface area contributed by atoms with Crippen molar-refractivity contribution < 1.29 is 67.0 Å². The summed E-state index contributed by atoms with van der Waals surface area (Å²) in [6.45, 7) is -2.85. The summed E-state index contributed by atoms with van der Waals surface area (Å²) in [5.41, 5.74) is -6.05. The third-order valence-corrected chi connectivity index (χ3v) is 5.48. The van der Waals surface area contributed by atoms with Crippen molar-refractivity contribution in [2.24, 2.45) is 0 Å². The van der Waals surface area contributed by atoms with Gasteiger partial charge in [0, 0.05) is 11.0 Å². The molecule has 188 valence electrons. The molecule has 0 spiro atoms. The Bertz CT molecular complexity index is 923.